The van der Waals surface area contributed by atoms with Crippen LogP contribution in [-0.4, -0.2) is 29.8 Å². The SMILES string of the molecule is Cc1oc(=O)oc1COC(=O)[C@]1(C)[C@@H](OC(=O)C2CC2)CC[C@@]2(C)[C@H]1CC[C@]1(C)[C@@H]2C(=O)C=C2[C@@H]3C[C@@](C)(C(=O)OC(c4ccccc4)c4ccccc4)CC[C@]3(C)CC[C@]21C. The summed E-state index contributed by atoms with van der Waals surface area (Å²) in [6, 6.07) is 19.8. The van der Waals surface area contributed by atoms with Crippen molar-refractivity contribution >= 4 is 23.7 Å². The Kier molecular flexibility index (Phi) is 10.3. The number of rotatable bonds is 9. The number of benzene rings is 2. The lowest BCUT2D eigenvalue weighted by molar-refractivity contribution is -0.225. The highest BCUT2D eigenvalue weighted by atomic mass is 16.6. The van der Waals surface area contributed by atoms with Gasteiger partial charge in [-0.05, 0) is 142 Å². The molecule has 0 N–H and O–H groups in total. The van der Waals surface area contributed by atoms with Crippen molar-refractivity contribution in [2.45, 2.75) is 138 Å². The molecule has 6 aliphatic rings. The molecule has 0 unspecified atom stereocenters. The van der Waals surface area contributed by atoms with Crippen LogP contribution in [0.3, 0.4) is 0 Å². The van der Waals surface area contributed by atoms with Crippen molar-refractivity contribution < 1.29 is 42.2 Å². The van der Waals surface area contributed by atoms with E-state index in [2.05, 4.69) is 34.6 Å². The fourth-order valence-corrected chi connectivity index (χ4v) is 13.7. The molecular formula is C52H62O10. The highest BCUT2D eigenvalue weighted by Crippen LogP contribution is 2.75. The number of carbonyl (C=O) groups excluding carboxylic acids is 4. The van der Waals surface area contributed by atoms with E-state index in [1.165, 1.54) is 5.57 Å². The van der Waals surface area contributed by atoms with E-state index in [-0.39, 0.29) is 64.4 Å². The maximum absolute atomic E-state index is 15.3. The Morgan fingerprint density at radius 1 is 0.758 bits per heavy atom. The molecule has 1 aromatic heterocycles. The van der Waals surface area contributed by atoms with Crippen LogP contribution in [0.5, 0.6) is 0 Å². The third-order valence-electron chi connectivity index (χ3n) is 17.9. The van der Waals surface area contributed by atoms with Gasteiger partial charge in [0.15, 0.2) is 30.0 Å². The smallest absolute Gasteiger partial charge is 0.461 e. The van der Waals surface area contributed by atoms with Gasteiger partial charge in [-0.25, -0.2) is 4.79 Å². The normalized spacial score (nSPS) is 37.5. The lowest BCUT2D eigenvalue weighted by Gasteiger charge is -2.70. The van der Waals surface area contributed by atoms with Crippen LogP contribution in [0.15, 0.2) is 85.9 Å². The van der Waals surface area contributed by atoms with E-state index < -0.39 is 51.6 Å². The zero-order valence-electron chi connectivity index (χ0n) is 37.4. The summed E-state index contributed by atoms with van der Waals surface area (Å²) < 4.78 is 28.9. The van der Waals surface area contributed by atoms with Crippen LogP contribution in [0.1, 0.15) is 141 Å². The van der Waals surface area contributed by atoms with Crippen molar-refractivity contribution in [1.29, 1.82) is 0 Å². The van der Waals surface area contributed by atoms with Gasteiger partial charge in [-0.2, -0.15) is 0 Å². The maximum Gasteiger partial charge on any atom is 0.519 e. The molecular weight excluding hydrogens is 785 g/mol. The Balaban J connectivity index is 1.03. The molecule has 5 fully saturated rings. The Hall–Kier alpha value is -4.73. The van der Waals surface area contributed by atoms with Crippen molar-refractivity contribution in [3.8, 4) is 0 Å². The van der Waals surface area contributed by atoms with Gasteiger partial charge in [0, 0.05) is 5.92 Å². The van der Waals surface area contributed by atoms with Crippen LogP contribution >= 0.6 is 0 Å². The van der Waals surface area contributed by atoms with Gasteiger partial charge in [-0.3, -0.25) is 19.2 Å². The summed E-state index contributed by atoms with van der Waals surface area (Å²) >= 11 is 0. The number of fused-ring (bicyclic) bond motifs is 7. The molecule has 10 heteroatoms. The number of ketones is 1. The van der Waals surface area contributed by atoms with Crippen molar-refractivity contribution in [2.24, 2.45) is 56.2 Å². The van der Waals surface area contributed by atoms with E-state index in [4.69, 9.17) is 23.0 Å². The molecule has 10 atom stereocenters. The van der Waals surface area contributed by atoms with Gasteiger partial charge in [0.2, 0.25) is 0 Å². The van der Waals surface area contributed by atoms with Crippen LogP contribution < -0.4 is 5.82 Å². The summed E-state index contributed by atoms with van der Waals surface area (Å²) in [5.41, 5.74) is -0.500. The topological polar surface area (TPSA) is 139 Å². The minimum Gasteiger partial charge on any atom is -0.461 e. The average Bonchev–Trinajstić information content (AvgIpc) is 4.05. The quantitative estimate of drug-likeness (QED) is 0.151. The second-order valence-corrected chi connectivity index (χ2v) is 21.4. The third kappa shape index (κ3) is 6.58. The average molecular weight is 847 g/mol. The summed E-state index contributed by atoms with van der Waals surface area (Å²) in [5.74, 6) is -2.33. The van der Waals surface area contributed by atoms with Crippen molar-refractivity contribution in [3.63, 3.8) is 0 Å². The molecule has 0 spiro atoms. The van der Waals surface area contributed by atoms with Gasteiger partial charge in [-0.1, -0.05) is 93.9 Å². The molecule has 2 aromatic carbocycles. The van der Waals surface area contributed by atoms with Gasteiger partial charge >= 0.3 is 23.7 Å². The highest BCUT2D eigenvalue weighted by Gasteiger charge is 2.72. The Morgan fingerprint density at radius 3 is 2.02 bits per heavy atom. The van der Waals surface area contributed by atoms with Crippen molar-refractivity contribution in [2.75, 3.05) is 0 Å². The Bertz CT molecular complexity index is 2320. The summed E-state index contributed by atoms with van der Waals surface area (Å²) in [5, 5.41) is 0. The number of hydrogen-bond donors (Lipinski definition) is 0. The second kappa shape index (κ2) is 14.9. The number of allylic oxidation sites excluding steroid dienone is 2. The fourth-order valence-electron chi connectivity index (χ4n) is 13.7. The number of carbonyl (C=O) groups is 4. The summed E-state index contributed by atoms with van der Waals surface area (Å²) in [6.45, 7) is 14.4. The molecule has 330 valence electrons. The van der Waals surface area contributed by atoms with Crippen molar-refractivity contribution in [1.82, 2.24) is 0 Å². The first-order chi connectivity index (χ1) is 29.4. The predicted molar refractivity (Wildman–Crippen MR) is 229 cm³/mol. The van der Waals surface area contributed by atoms with E-state index >= 15 is 4.79 Å². The second-order valence-electron chi connectivity index (χ2n) is 21.4. The Morgan fingerprint density at radius 2 is 1.40 bits per heavy atom. The molecule has 62 heavy (non-hydrogen) atoms. The molecule has 0 radical (unpaired) electrons. The third-order valence-corrected chi connectivity index (χ3v) is 17.9. The first-order valence-corrected chi connectivity index (χ1v) is 22.9. The standard InChI is InChI=1S/C52H62O10/c1-31-38(60-46(57)59-31)30-58-45(56)52(7)39-20-23-51(6)42(49(39,4)22-21-40(52)61-43(54)34-18-19-34)37(53)28-35-36-29-48(3,25-24-47(36,2)26-27-50(35,51)5)44(55)62-41(32-14-10-8-11-15-32)33-16-12-9-13-17-33/h8-17,28,34,36,39-42H,18-27,29-30H2,1-7H3/t36-,39+,40-,42+,47+,48-,49-,50+,51+,52-/m0/s1. The molecule has 9 rings (SSSR count). The molecule has 0 amide bonds. The molecule has 1 heterocycles. The first-order valence-electron chi connectivity index (χ1n) is 22.9. The minimum absolute atomic E-state index is 0.0101. The molecule has 0 aliphatic heterocycles. The molecule has 0 saturated heterocycles. The van der Waals surface area contributed by atoms with Gasteiger partial charge in [0.05, 0.1) is 11.3 Å². The van der Waals surface area contributed by atoms with Gasteiger partial charge in [0.25, 0.3) is 0 Å². The van der Waals surface area contributed by atoms with Gasteiger partial charge < -0.3 is 23.0 Å². The lowest BCUT2D eigenvalue weighted by atomic mass is 9.33. The van der Waals surface area contributed by atoms with Crippen LogP contribution in [0.2, 0.25) is 0 Å². The van der Waals surface area contributed by atoms with E-state index in [1.807, 2.05) is 73.7 Å². The summed E-state index contributed by atoms with van der Waals surface area (Å²) in [6.07, 6.45) is 8.67. The van der Waals surface area contributed by atoms with Crippen LogP contribution in [0.25, 0.3) is 0 Å². The fraction of sp³-hybridized carbons (Fsp3) is 0.596. The minimum atomic E-state index is -1.27. The molecule has 5 saturated carbocycles. The van der Waals surface area contributed by atoms with Gasteiger partial charge in [0.1, 0.15) is 11.5 Å². The zero-order valence-corrected chi connectivity index (χ0v) is 37.4. The number of esters is 3. The van der Waals surface area contributed by atoms with E-state index in [9.17, 15) is 19.2 Å². The van der Waals surface area contributed by atoms with Crippen LogP contribution in [0.4, 0.5) is 0 Å². The number of aryl methyl sites for hydroxylation is 1. The maximum atomic E-state index is 15.3. The molecule has 6 aliphatic carbocycles. The predicted octanol–water partition coefficient (Wildman–Crippen LogP) is 10.2. The summed E-state index contributed by atoms with van der Waals surface area (Å²) in [7, 11) is 0. The highest BCUT2D eigenvalue weighted by molar-refractivity contribution is 5.96. The Labute approximate surface area is 364 Å². The number of hydrogen-bond acceptors (Lipinski definition) is 10. The van der Waals surface area contributed by atoms with Crippen LogP contribution in [-0.2, 0) is 40.0 Å². The van der Waals surface area contributed by atoms with E-state index in [0.717, 1.165) is 43.2 Å². The zero-order chi connectivity index (χ0) is 44.0. The van der Waals surface area contributed by atoms with Gasteiger partial charge in [-0.15, -0.1) is 0 Å². The molecule has 3 aromatic rings. The van der Waals surface area contributed by atoms with E-state index in [0.29, 0.717) is 38.5 Å². The largest absolute Gasteiger partial charge is 0.519 e. The van der Waals surface area contributed by atoms with Crippen molar-refractivity contribution in [3.05, 3.63) is 106 Å². The lowest BCUT2D eigenvalue weighted by Crippen LogP contribution is -2.68. The van der Waals surface area contributed by atoms with E-state index in [1.54, 1.807) is 6.92 Å². The molecule has 0 bridgehead atoms. The molecule has 10 nitrogen and oxygen atoms in total. The van der Waals surface area contributed by atoms with Crippen LogP contribution in [0, 0.1) is 63.1 Å². The monoisotopic (exact) mass is 846 g/mol. The first kappa shape index (κ1) is 42.6. The summed E-state index contributed by atoms with van der Waals surface area (Å²) in [4.78, 5) is 69.7. The number of ether oxygens (including phenoxy) is 3.